The molecule has 1 N–H and O–H groups in total. The Kier molecular flexibility index (Phi) is 3.76. The molecule has 0 aliphatic rings. The van der Waals surface area contributed by atoms with Crippen LogP contribution in [-0.2, 0) is 6.42 Å². The molecule has 1 unspecified atom stereocenters. The predicted molar refractivity (Wildman–Crippen MR) is 67.0 cm³/mol. The molecule has 1 aromatic heterocycles. The molecule has 0 fully saturated rings. The van der Waals surface area contributed by atoms with Crippen molar-refractivity contribution in [1.82, 2.24) is 15.5 Å². The van der Waals surface area contributed by atoms with Gasteiger partial charge in [0.25, 0.3) is 0 Å². The van der Waals surface area contributed by atoms with Gasteiger partial charge in [0.1, 0.15) is 0 Å². The molecule has 2 rings (SSSR count). The molecule has 0 bridgehead atoms. The Morgan fingerprint density at radius 2 is 2.06 bits per heavy atom. The van der Waals surface area contributed by atoms with E-state index in [2.05, 4.69) is 22.4 Å². The van der Waals surface area contributed by atoms with Crippen LogP contribution in [0.25, 0.3) is 11.4 Å². The first-order valence-corrected chi connectivity index (χ1v) is 5.82. The predicted octanol–water partition coefficient (Wildman–Crippen LogP) is 2.54. The molecule has 2 aromatic rings. The summed E-state index contributed by atoms with van der Waals surface area (Å²) in [6.45, 7) is 2.06. The molecule has 1 aromatic carbocycles. The Hall–Kier alpha value is -1.39. The van der Waals surface area contributed by atoms with E-state index in [9.17, 15) is 0 Å². The minimum atomic E-state index is 0.313. The number of rotatable bonds is 4. The number of aromatic nitrogens is 2. The van der Waals surface area contributed by atoms with Gasteiger partial charge >= 0.3 is 0 Å². The maximum atomic E-state index is 5.82. The second-order valence-electron chi connectivity index (χ2n) is 3.91. The smallest absolute Gasteiger partial charge is 0.228 e. The Morgan fingerprint density at radius 3 is 2.71 bits per heavy atom. The van der Waals surface area contributed by atoms with E-state index in [1.807, 2.05) is 31.3 Å². The van der Waals surface area contributed by atoms with Gasteiger partial charge in [-0.05, 0) is 38.2 Å². The normalized spacial score (nSPS) is 12.6. The molecular weight excluding hydrogens is 238 g/mol. The van der Waals surface area contributed by atoms with Crippen LogP contribution >= 0.6 is 11.6 Å². The van der Waals surface area contributed by atoms with Crippen molar-refractivity contribution in [3.63, 3.8) is 0 Å². The Morgan fingerprint density at radius 1 is 1.35 bits per heavy atom. The molecule has 0 saturated carbocycles. The van der Waals surface area contributed by atoms with Gasteiger partial charge < -0.3 is 9.84 Å². The van der Waals surface area contributed by atoms with Gasteiger partial charge in [0.2, 0.25) is 11.7 Å². The van der Waals surface area contributed by atoms with Gasteiger partial charge in [0.05, 0.1) is 0 Å². The molecule has 0 saturated heterocycles. The van der Waals surface area contributed by atoms with Crippen LogP contribution in [0.15, 0.2) is 28.8 Å². The van der Waals surface area contributed by atoms with Gasteiger partial charge in [-0.15, -0.1) is 0 Å². The zero-order valence-electron chi connectivity index (χ0n) is 9.77. The van der Waals surface area contributed by atoms with Crippen molar-refractivity contribution >= 4 is 11.6 Å². The fourth-order valence-corrected chi connectivity index (χ4v) is 1.54. The lowest BCUT2D eigenvalue weighted by molar-refractivity contribution is 0.365. The third-order valence-electron chi connectivity index (χ3n) is 2.54. The standard InChI is InChI=1S/C12H14ClN3O/c1-8(14-2)7-11-15-12(16-17-11)9-3-5-10(13)6-4-9/h3-6,8,14H,7H2,1-2H3. The molecule has 1 atom stereocenters. The zero-order chi connectivity index (χ0) is 12.3. The van der Waals surface area contributed by atoms with Crippen LogP contribution < -0.4 is 5.32 Å². The number of halogens is 1. The number of hydrogen-bond acceptors (Lipinski definition) is 4. The van der Waals surface area contributed by atoms with Crippen LogP contribution in [0.4, 0.5) is 0 Å². The Bertz CT molecular complexity index is 481. The number of hydrogen-bond donors (Lipinski definition) is 1. The van der Waals surface area contributed by atoms with Crippen LogP contribution in [-0.4, -0.2) is 23.2 Å². The molecular formula is C12H14ClN3O. The van der Waals surface area contributed by atoms with E-state index in [0.29, 0.717) is 22.8 Å². The Balaban J connectivity index is 2.15. The molecule has 0 aliphatic heterocycles. The molecule has 90 valence electrons. The van der Waals surface area contributed by atoms with Crippen LogP contribution in [0.2, 0.25) is 5.02 Å². The lowest BCUT2D eigenvalue weighted by atomic mass is 10.2. The summed E-state index contributed by atoms with van der Waals surface area (Å²) in [5.41, 5.74) is 0.904. The van der Waals surface area contributed by atoms with E-state index in [1.54, 1.807) is 0 Å². The van der Waals surface area contributed by atoms with E-state index in [4.69, 9.17) is 16.1 Å². The first kappa shape index (κ1) is 12.1. The highest BCUT2D eigenvalue weighted by atomic mass is 35.5. The minimum absolute atomic E-state index is 0.313. The van der Waals surface area contributed by atoms with Gasteiger partial charge in [-0.3, -0.25) is 0 Å². The summed E-state index contributed by atoms with van der Waals surface area (Å²) < 4.78 is 5.19. The SMILES string of the molecule is CNC(C)Cc1nc(-c2ccc(Cl)cc2)no1. The molecule has 17 heavy (non-hydrogen) atoms. The molecule has 0 aliphatic carbocycles. The quantitative estimate of drug-likeness (QED) is 0.907. The maximum Gasteiger partial charge on any atom is 0.228 e. The van der Waals surface area contributed by atoms with Crippen LogP contribution in [0.1, 0.15) is 12.8 Å². The molecule has 0 amide bonds. The van der Waals surface area contributed by atoms with Crippen molar-refractivity contribution in [2.24, 2.45) is 0 Å². The van der Waals surface area contributed by atoms with Crippen molar-refractivity contribution in [2.45, 2.75) is 19.4 Å². The number of nitrogens with zero attached hydrogens (tertiary/aromatic N) is 2. The highest BCUT2D eigenvalue weighted by Crippen LogP contribution is 2.18. The van der Waals surface area contributed by atoms with E-state index in [0.717, 1.165) is 12.0 Å². The number of benzene rings is 1. The van der Waals surface area contributed by atoms with Crippen LogP contribution in [0.5, 0.6) is 0 Å². The molecule has 5 heteroatoms. The lowest BCUT2D eigenvalue weighted by Crippen LogP contribution is -2.23. The van der Waals surface area contributed by atoms with E-state index >= 15 is 0 Å². The Labute approximate surface area is 105 Å². The summed E-state index contributed by atoms with van der Waals surface area (Å²) in [4.78, 5) is 4.34. The lowest BCUT2D eigenvalue weighted by Gasteiger charge is -2.04. The van der Waals surface area contributed by atoms with E-state index < -0.39 is 0 Å². The zero-order valence-corrected chi connectivity index (χ0v) is 10.5. The van der Waals surface area contributed by atoms with Crippen molar-refractivity contribution in [3.05, 3.63) is 35.2 Å². The van der Waals surface area contributed by atoms with Gasteiger partial charge in [-0.25, -0.2) is 0 Å². The summed E-state index contributed by atoms with van der Waals surface area (Å²) in [6.07, 6.45) is 0.719. The summed E-state index contributed by atoms with van der Waals surface area (Å²) in [7, 11) is 1.90. The topological polar surface area (TPSA) is 51.0 Å². The number of likely N-dealkylation sites (N-methyl/N-ethyl adjacent to an activating group) is 1. The van der Waals surface area contributed by atoms with Crippen LogP contribution in [0, 0.1) is 0 Å². The summed E-state index contributed by atoms with van der Waals surface area (Å²) >= 11 is 5.82. The largest absolute Gasteiger partial charge is 0.339 e. The third kappa shape index (κ3) is 3.05. The number of nitrogens with one attached hydrogen (secondary N) is 1. The van der Waals surface area contributed by atoms with Crippen molar-refractivity contribution in [3.8, 4) is 11.4 Å². The monoisotopic (exact) mass is 251 g/mol. The van der Waals surface area contributed by atoms with E-state index in [-0.39, 0.29) is 0 Å². The summed E-state index contributed by atoms with van der Waals surface area (Å²) in [5.74, 6) is 1.23. The second-order valence-corrected chi connectivity index (χ2v) is 4.35. The first-order chi connectivity index (χ1) is 8.19. The summed E-state index contributed by atoms with van der Waals surface area (Å²) in [5, 5.41) is 7.77. The highest BCUT2D eigenvalue weighted by Gasteiger charge is 2.10. The van der Waals surface area contributed by atoms with Crippen LogP contribution in [0.3, 0.4) is 0 Å². The molecule has 0 spiro atoms. The van der Waals surface area contributed by atoms with Gasteiger partial charge in [-0.2, -0.15) is 4.98 Å². The minimum Gasteiger partial charge on any atom is -0.339 e. The molecule has 0 radical (unpaired) electrons. The average Bonchev–Trinajstić information content (AvgIpc) is 2.78. The van der Waals surface area contributed by atoms with Crippen molar-refractivity contribution in [1.29, 1.82) is 0 Å². The summed E-state index contributed by atoms with van der Waals surface area (Å²) in [6, 6.07) is 7.68. The molecule has 1 heterocycles. The van der Waals surface area contributed by atoms with Crippen molar-refractivity contribution < 1.29 is 4.52 Å². The molecule has 4 nitrogen and oxygen atoms in total. The van der Waals surface area contributed by atoms with Crippen molar-refractivity contribution in [2.75, 3.05) is 7.05 Å². The first-order valence-electron chi connectivity index (χ1n) is 5.45. The maximum absolute atomic E-state index is 5.82. The third-order valence-corrected chi connectivity index (χ3v) is 2.80. The van der Waals surface area contributed by atoms with Gasteiger partial charge in [0.15, 0.2) is 0 Å². The fraction of sp³-hybridized carbons (Fsp3) is 0.333. The van der Waals surface area contributed by atoms with Gasteiger partial charge in [-0.1, -0.05) is 16.8 Å². The average molecular weight is 252 g/mol. The second kappa shape index (κ2) is 5.29. The highest BCUT2D eigenvalue weighted by molar-refractivity contribution is 6.30. The van der Waals surface area contributed by atoms with Gasteiger partial charge in [0, 0.05) is 23.0 Å². The van der Waals surface area contributed by atoms with E-state index in [1.165, 1.54) is 0 Å². The fourth-order valence-electron chi connectivity index (χ4n) is 1.42.